The number of rotatable bonds is 0. The molecule has 68 valence electrons. The van der Waals surface area contributed by atoms with E-state index in [0.717, 1.165) is 5.69 Å². The van der Waals surface area contributed by atoms with Crippen LogP contribution in [0.5, 0.6) is 5.75 Å². The molecule has 0 atom stereocenters. The molecule has 0 spiro atoms. The monoisotopic (exact) mass is 185 g/mol. The fraction of sp³-hybridized carbons (Fsp3) is 0. The lowest BCUT2D eigenvalue weighted by atomic mass is 10.1. The summed E-state index contributed by atoms with van der Waals surface area (Å²) in [5.41, 5.74) is 1.78. The van der Waals surface area contributed by atoms with Crippen molar-refractivity contribution in [3.63, 3.8) is 0 Å². The number of hydrogen-bond donors (Lipinski definition) is 1. The van der Waals surface area contributed by atoms with E-state index in [2.05, 4.69) is 0 Å². The largest absolute Gasteiger partial charge is 0.507 e. The Bertz CT molecular complexity index is 540. The fourth-order valence-corrected chi connectivity index (χ4v) is 1.87. The van der Waals surface area contributed by atoms with Crippen LogP contribution in [0.2, 0.25) is 0 Å². The van der Waals surface area contributed by atoms with E-state index in [9.17, 15) is 9.90 Å². The predicted octanol–water partition coefficient (Wildman–Crippen LogP) is 1.73. The number of ketones is 1. The topological polar surface area (TPSA) is 42.2 Å². The minimum absolute atomic E-state index is 0.0520. The van der Waals surface area contributed by atoms with E-state index in [1.54, 1.807) is 16.7 Å². The fourth-order valence-electron chi connectivity index (χ4n) is 1.87. The van der Waals surface area contributed by atoms with Gasteiger partial charge in [-0.3, -0.25) is 4.79 Å². The van der Waals surface area contributed by atoms with Gasteiger partial charge in [0.05, 0.1) is 16.9 Å². The van der Waals surface area contributed by atoms with E-state index in [1.165, 1.54) is 6.07 Å². The summed E-state index contributed by atoms with van der Waals surface area (Å²) in [4.78, 5) is 11.8. The van der Waals surface area contributed by atoms with Crippen molar-refractivity contribution in [1.29, 1.82) is 0 Å². The van der Waals surface area contributed by atoms with Gasteiger partial charge in [0.15, 0.2) is 0 Å². The first kappa shape index (κ1) is 7.38. The average molecular weight is 185 g/mol. The summed E-state index contributed by atoms with van der Waals surface area (Å²) in [6.45, 7) is 0. The van der Waals surface area contributed by atoms with Crippen molar-refractivity contribution in [1.82, 2.24) is 4.57 Å². The molecule has 1 N–H and O–H groups in total. The summed E-state index contributed by atoms with van der Waals surface area (Å²) in [7, 11) is 0. The molecule has 1 aromatic carbocycles. The van der Waals surface area contributed by atoms with Crippen LogP contribution in [0, 0.1) is 0 Å². The number of aromatic hydroxyl groups is 1. The van der Waals surface area contributed by atoms with Crippen molar-refractivity contribution in [3.05, 3.63) is 47.8 Å². The van der Waals surface area contributed by atoms with Gasteiger partial charge >= 0.3 is 0 Å². The third-order valence-corrected chi connectivity index (χ3v) is 2.49. The Morgan fingerprint density at radius 1 is 1.14 bits per heavy atom. The van der Waals surface area contributed by atoms with Crippen molar-refractivity contribution in [3.8, 4) is 11.4 Å². The van der Waals surface area contributed by atoms with Crippen molar-refractivity contribution >= 4 is 5.78 Å². The lowest BCUT2D eigenvalue weighted by Gasteiger charge is -2.01. The Morgan fingerprint density at radius 2 is 2.00 bits per heavy atom. The normalized spacial score (nSPS) is 12.7. The zero-order valence-corrected chi connectivity index (χ0v) is 7.27. The average Bonchev–Trinajstić information content (AvgIpc) is 2.71. The number of carbonyl (C=O) groups is 1. The third kappa shape index (κ3) is 0.695. The highest BCUT2D eigenvalue weighted by atomic mass is 16.3. The molecular formula is C11H7NO2. The molecule has 14 heavy (non-hydrogen) atoms. The number of phenols is 1. The Morgan fingerprint density at radius 3 is 2.86 bits per heavy atom. The number of aromatic nitrogens is 1. The Hall–Kier alpha value is -2.03. The molecule has 0 fully saturated rings. The van der Waals surface area contributed by atoms with Crippen LogP contribution >= 0.6 is 0 Å². The lowest BCUT2D eigenvalue weighted by molar-refractivity contribution is 0.103. The van der Waals surface area contributed by atoms with Gasteiger partial charge in [-0.1, -0.05) is 6.07 Å². The molecule has 0 saturated carbocycles. The summed E-state index contributed by atoms with van der Waals surface area (Å²) in [6.07, 6.45) is 1.82. The molecule has 0 aliphatic carbocycles. The zero-order valence-electron chi connectivity index (χ0n) is 7.27. The first-order chi connectivity index (χ1) is 6.79. The van der Waals surface area contributed by atoms with E-state index < -0.39 is 0 Å². The molecule has 2 aromatic rings. The highest BCUT2D eigenvalue weighted by molar-refractivity contribution is 6.15. The molecule has 3 heteroatoms. The SMILES string of the molecule is O=C1c2c(O)cccc2-n2cccc21. The van der Waals surface area contributed by atoms with Gasteiger partial charge in [0.25, 0.3) is 0 Å². The van der Waals surface area contributed by atoms with Crippen molar-refractivity contribution in [2.45, 2.75) is 0 Å². The van der Waals surface area contributed by atoms with Gasteiger partial charge in [0.2, 0.25) is 5.78 Å². The molecule has 0 amide bonds. The number of phenolic OH excluding ortho intramolecular Hbond substituents is 1. The second-order valence-corrected chi connectivity index (χ2v) is 3.26. The van der Waals surface area contributed by atoms with Crippen LogP contribution in [0.1, 0.15) is 16.1 Å². The van der Waals surface area contributed by atoms with Crippen molar-refractivity contribution in [2.24, 2.45) is 0 Å². The highest BCUT2D eigenvalue weighted by Crippen LogP contribution is 2.33. The molecule has 0 radical (unpaired) electrons. The standard InChI is InChI=1S/C11H7NO2/c13-9-5-1-3-7-10(9)11(14)8-4-2-6-12(7)8/h1-6,13H. The van der Waals surface area contributed by atoms with E-state index >= 15 is 0 Å². The predicted molar refractivity (Wildman–Crippen MR) is 50.9 cm³/mol. The minimum Gasteiger partial charge on any atom is -0.507 e. The number of carbonyl (C=O) groups excluding carboxylic acids is 1. The van der Waals surface area contributed by atoms with Gasteiger partial charge in [-0.25, -0.2) is 0 Å². The Kier molecular flexibility index (Phi) is 1.19. The summed E-state index contributed by atoms with van der Waals surface area (Å²) >= 11 is 0. The van der Waals surface area contributed by atoms with Gasteiger partial charge in [-0.15, -0.1) is 0 Å². The molecule has 2 heterocycles. The third-order valence-electron chi connectivity index (χ3n) is 2.49. The molecule has 1 aliphatic heterocycles. The molecule has 0 unspecified atom stereocenters. The maximum atomic E-state index is 11.8. The second-order valence-electron chi connectivity index (χ2n) is 3.26. The van der Waals surface area contributed by atoms with E-state index in [1.807, 2.05) is 18.3 Å². The molecule has 3 nitrogen and oxygen atoms in total. The highest BCUT2D eigenvalue weighted by Gasteiger charge is 2.28. The van der Waals surface area contributed by atoms with E-state index in [-0.39, 0.29) is 11.5 Å². The van der Waals surface area contributed by atoms with E-state index in [4.69, 9.17) is 0 Å². The van der Waals surface area contributed by atoms with Crippen LogP contribution in [0.3, 0.4) is 0 Å². The zero-order chi connectivity index (χ0) is 9.71. The first-order valence-electron chi connectivity index (χ1n) is 4.33. The van der Waals surface area contributed by atoms with Crippen LogP contribution in [0.25, 0.3) is 5.69 Å². The van der Waals surface area contributed by atoms with Gasteiger partial charge < -0.3 is 9.67 Å². The van der Waals surface area contributed by atoms with Crippen LogP contribution in [0.15, 0.2) is 36.5 Å². The van der Waals surface area contributed by atoms with Gasteiger partial charge in [-0.05, 0) is 24.3 Å². The molecule has 1 aromatic heterocycles. The lowest BCUT2D eigenvalue weighted by Crippen LogP contribution is -1.94. The summed E-state index contributed by atoms with van der Waals surface area (Å²) < 4.78 is 1.79. The summed E-state index contributed by atoms with van der Waals surface area (Å²) in [5.74, 6) is -0.0562. The number of hydrogen-bond acceptors (Lipinski definition) is 2. The molecule has 3 rings (SSSR count). The van der Waals surface area contributed by atoms with Crippen LogP contribution in [0.4, 0.5) is 0 Å². The number of fused-ring (bicyclic) bond motifs is 3. The Labute approximate surface area is 80.2 Å². The quantitative estimate of drug-likeness (QED) is 0.579. The Balaban J connectivity index is 2.44. The number of benzene rings is 1. The molecular weight excluding hydrogens is 178 g/mol. The van der Waals surface area contributed by atoms with Crippen molar-refractivity contribution < 1.29 is 9.90 Å². The smallest absolute Gasteiger partial charge is 0.215 e. The molecule has 0 saturated heterocycles. The van der Waals surface area contributed by atoms with Crippen LogP contribution < -0.4 is 0 Å². The van der Waals surface area contributed by atoms with Crippen molar-refractivity contribution in [2.75, 3.05) is 0 Å². The number of nitrogens with zero attached hydrogens (tertiary/aromatic N) is 1. The maximum absolute atomic E-state index is 11.8. The first-order valence-corrected chi connectivity index (χ1v) is 4.33. The molecule has 1 aliphatic rings. The maximum Gasteiger partial charge on any atom is 0.215 e. The van der Waals surface area contributed by atoms with Gasteiger partial charge in [0.1, 0.15) is 5.75 Å². The van der Waals surface area contributed by atoms with Crippen LogP contribution in [-0.4, -0.2) is 15.5 Å². The minimum atomic E-state index is -0.108. The molecule has 0 bridgehead atoms. The summed E-state index contributed by atoms with van der Waals surface area (Å²) in [6, 6.07) is 8.66. The van der Waals surface area contributed by atoms with Crippen LogP contribution in [-0.2, 0) is 0 Å². The second kappa shape index (κ2) is 2.26. The van der Waals surface area contributed by atoms with Gasteiger partial charge in [-0.2, -0.15) is 0 Å². The van der Waals surface area contributed by atoms with E-state index in [0.29, 0.717) is 11.3 Å². The summed E-state index contributed by atoms with van der Waals surface area (Å²) in [5, 5.41) is 9.56. The van der Waals surface area contributed by atoms with Gasteiger partial charge in [0, 0.05) is 6.20 Å².